The first-order chi connectivity index (χ1) is 28.8. The summed E-state index contributed by atoms with van der Waals surface area (Å²) in [5, 5.41) is 43.2. The second-order valence-corrected chi connectivity index (χ2v) is 14.7. The molecule has 2 aromatic rings. The first-order valence-electron chi connectivity index (χ1n) is 20.7. The van der Waals surface area contributed by atoms with E-state index in [1.165, 1.54) is 0 Å². The molecule has 2 aromatic carbocycles. The molecule has 2 rings (SSSR count). The molecule has 0 aromatic heterocycles. The Hall–Kier alpha value is -6.00. The van der Waals surface area contributed by atoms with E-state index in [0.29, 0.717) is 58.0 Å². The average molecular weight is 839 g/mol. The molecule has 0 saturated carbocycles. The molecule has 0 heterocycles. The van der Waals surface area contributed by atoms with Gasteiger partial charge in [-0.15, -0.1) is 0 Å². The Morgan fingerprint density at radius 2 is 0.983 bits per heavy atom. The summed E-state index contributed by atoms with van der Waals surface area (Å²) in [5.41, 5.74) is 1.76. The van der Waals surface area contributed by atoms with Gasteiger partial charge in [-0.2, -0.15) is 0 Å². The number of carboxylic acids is 3. The minimum atomic E-state index is -1.49. The number of carbonyl (C=O) groups excluding carboxylic acids is 5. The number of carbonyl (C=O) groups is 8. The summed E-state index contributed by atoms with van der Waals surface area (Å²) in [6.07, 6.45) is 6.51. The highest BCUT2D eigenvalue weighted by Crippen LogP contribution is 2.10. The van der Waals surface area contributed by atoms with E-state index < -0.39 is 60.4 Å². The highest BCUT2D eigenvalue weighted by Gasteiger charge is 2.28. The van der Waals surface area contributed by atoms with E-state index in [2.05, 4.69) is 31.9 Å². The number of benzene rings is 2. The van der Waals surface area contributed by atoms with Crippen molar-refractivity contribution in [1.82, 2.24) is 31.9 Å². The van der Waals surface area contributed by atoms with E-state index in [9.17, 15) is 48.6 Å². The molecule has 0 aliphatic heterocycles. The Bertz CT molecular complexity index is 1660. The van der Waals surface area contributed by atoms with E-state index in [1.807, 2.05) is 67.6 Å². The lowest BCUT2D eigenvalue weighted by Gasteiger charge is -2.23. The van der Waals surface area contributed by atoms with Gasteiger partial charge in [0.1, 0.15) is 24.2 Å². The van der Waals surface area contributed by atoms with E-state index >= 15 is 0 Å². The molecule has 0 aliphatic rings. The second-order valence-electron chi connectivity index (χ2n) is 14.7. The zero-order valence-electron chi connectivity index (χ0n) is 34.4. The fourth-order valence-electron chi connectivity index (χ4n) is 6.20. The lowest BCUT2D eigenvalue weighted by molar-refractivity contribution is -0.141. The smallest absolute Gasteiger partial charge is 0.326 e. The maximum atomic E-state index is 13.6. The van der Waals surface area contributed by atoms with Gasteiger partial charge in [-0.05, 0) is 56.1 Å². The van der Waals surface area contributed by atoms with Gasteiger partial charge in [0.05, 0.1) is 0 Å². The molecular formula is C43H62N6O11. The van der Waals surface area contributed by atoms with Crippen LogP contribution in [0.5, 0.6) is 0 Å². The quantitative estimate of drug-likeness (QED) is 0.0497. The summed E-state index contributed by atoms with van der Waals surface area (Å²) in [4.78, 5) is 97.8. The largest absolute Gasteiger partial charge is 0.481 e. The minimum Gasteiger partial charge on any atom is -0.481 e. The summed E-state index contributed by atoms with van der Waals surface area (Å²) in [6.45, 7) is 2.70. The van der Waals surface area contributed by atoms with Crippen LogP contribution in [-0.4, -0.2) is 100 Å². The molecule has 17 heteroatoms. The second kappa shape index (κ2) is 29.2. The van der Waals surface area contributed by atoms with Crippen LogP contribution in [0.15, 0.2) is 60.7 Å². The monoisotopic (exact) mass is 838 g/mol. The zero-order valence-corrected chi connectivity index (χ0v) is 34.4. The Morgan fingerprint density at radius 1 is 0.483 bits per heavy atom. The predicted octanol–water partition coefficient (Wildman–Crippen LogP) is 3.45. The van der Waals surface area contributed by atoms with Gasteiger partial charge in [0.15, 0.2) is 0 Å². The minimum absolute atomic E-state index is 0.0301. The van der Waals surface area contributed by atoms with Crippen molar-refractivity contribution in [2.75, 3.05) is 13.1 Å². The standard InChI is InChI=1S/C43H62N6O11/c1-2-3-22-37(51)46-35(29-31-19-11-8-12-20-31)40(55)47-34(28-30-17-9-7-10-18-30)39(54)45-27-15-6-4-5-13-23-36(50)44-26-16-14-21-32(41(56)57)48-43(60)49-33(42(58)59)24-25-38(52)53/h7-12,17-20,32-35H,2-6,13-16,21-29H2,1H3,(H,44,50)(H,45,54)(H,46,51)(H,47,55)(H,52,53)(H,56,57)(H,58,59)(H2,48,49,60). The van der Waals surface area contributed by atoms with Gasteiger partial charge in [0, 0.05) is 45.2 Å². The molecule has 0 fully saturated rings. The molecule has 60 heavy (non-hydrogen) atoms. The van der Waals surface area contributed by atoms with Gasteiger partial charge in [-0.3, -0.25) is 24.0 Å². The van der Waals surface area contributed by atoms with Crippen LogP contribution in [0.25, 0.3) is 0 Å². The van der Waals surface area contributed by atoms with Crippen molar-refractivity contribution in [3.05, 3.63) is 71.8 Å². The van der Waals surface area contributed by atoms with E-state index in [1.54, 1.807) is 0 Å². The Labute approximate surface area is 351 Å². The summed E-state index contributed by atoms with van der Waals surface area (Å²) >= 11 is 0. The summed E-state index contributed by atoms with van der Waals surface area (Å²) in [5.74, 6) is -5.12. The molecule has 9 N–H and O–H groups in total. The van der Waals surface area contributed by atoms with Crippen LogP contribution in [0.4, 0.5) is 4.79 Å². The summed E-state index contributed by atoms with van der Waals surface area (Å²) in [6, 6.07) is 13.2. The number of urea groups is 1. The Morgan fingerprint density at radius 3 is 1.55 bits per heavy atom. The number of hydrogen-bond acceptors (Lipinski definition) is 8. The maximum absolute atomic E-state index is 13.6. The fourth-order valence-corrected chi connectivity index (χ4v) is 6.20. The topological polar surface area (TPSA) is 269 Å². The van der Waals surface area contributed by atoms with Gasteiger partial charge in [-0.1, -0.05) is 93.3 Å². The van der Waals surface area contributed by atoms with E-state index in [-0.39, 0.29) is 43.4 Å². The SMILES string of the molecule is CCCCC(=O)NC(Cc1ccccc1)C(=O)NC(Cc1ccccc1)C(=O)NCCCCCCCC(=O)NCCCCC(NC(=O)NC(CCC(=O)O)C(=O)O)C(=O)O. The fraction of sp³-hybridized carbons (Fsp3) is 0.535. The number of hydrogen-bond donors (Lipinski definition) is 9. The van der Waals surface area contributed by atoms with Crippen LogP contribution >= 0.6 is 0 Å². The van der Waals surface area contributed by atoms with Crippen LogP contribution in [0, 0.1) is 0 Å². The maximum Gasteiger partial charge on any atom is 0.326 e. The molecule has 0 radical (unpaired) electrons. The van der Waals surface area contributed by atoms with Crippen LogP contribution in [0.2, 0.25) is 0 Å². The Balaban J connectivity index is 1.72. The zero-order chi connectivity index (χ0) is 44.1. The van der Waals surface area contributed by atoms with Gasteiger partial charge in [0.25, 0.3) is 0 Å². The van der Waals surface area contributed by atoms with Crippen LogP contribution in [-0.2, 0) is 46.4 Å². The predicted molar refractivity (Wildman–Crippen MR) is 223 cm³/mol. The number of aliphatic carboxylic acids is 3. The van der Waals surface area contributed by atoms with Crippen LogP contribution in [0.1, 0.15) is 108 Å². The third-order valence-electron chi connectivity index (χ3n) is 9.58. The third-order valence-corrected chi connectivity index (χ3v) is 9.58. The van der Waals surface area contributed by atoms with Crippen molar-refractivity contribution in [2.24, 2.45) is 0 Å². The molecular weight excluding hydrogens is 777 g/mol. The number of nitrogens with one attached hydrogen (secondary N) is 6. The first kappa shape index (κ1) is 50.1. The third kappa shape index (κ3) is 22.2. The molecule has 4 atom stereocenters. The van der Waals surface area contributed by atoms with Crippen molar-refractivity contribution in [1.29, 1.82) is 0 Å². The number of amides is 6. The molecule has 0 aliphatic carbocycles. The van der Waals surface area contributed by atoms with Crippen molar-refractivity contribution >= 4 is 47.6 Å². The molecule has 6 amide bonds. The molecule has 4 unspecified atom stereocenters. The van der Waals surface area contributed by atoms with Gasteiger partial charge >= 0.3 is 23.9 Å². The van der Waals surface area contributed by atoms with Gasteiger partial charge in [-0.25, -0.2) is 14.4 Å². The molecule has 0 bridgehead atoms. The normalized spacial score (nSPS) is 12.8. The van der Waals surface area contributed by atoms with Crippen LogP contribution in [0.3, 0.4) is 0 Å². The lowest BCUT2D eigenvalue weighted by Crippen LogP contribution is -2.55. The lowest BCUT2D eigenvalue weighted by atomic mass is 10.0. The highest BCUT2D eigenvalue weighted by atomic mass is 16.4. The number of rotatable bonds is 31. The van der Waals surface area contributed by atoms with Crippen molar-refractivity contribution < 1.29 is 53.7 Å². The average Bonchev–Trinajstić information content (AvgIpc) is 3.21. The van der Waals surface area contributed by atoms with Crippen LogP contribution < -0.4 is 31.9 Å². The molecule has 0 spiro atoms. The molecule has 17 nitrogen and oxygen atoms in total. The van der Waals surface area contributed by atoms with Crippen molar-refractivity contribution in [3.8, 4) is 0 Å². The Kier molecular flexibility index (Phi) is 24.4. The van der Waals surface area contributed by atoms with Crippen molar-refractivity contribution in [3.63, 3.8) is 0 Å². The number of unbranched alkanes of at least 4 members (excludes halogenated alkanes) is 6. The number of carboxylic acid groups (broad SMARTS) is 3. The summed E-state index contributed by atoms with van der Waals surface area (Å²) in [7, 11) is 0. The highest BCUT2D eigenvalue weighted by molar-refractivity contribution is 5.92. The van der Waals surface area contributed by atoms with Gasteiger partial charge in [0.2, 0.25) is 23.6 Å². The van der Waals surface area contributed by atoms with E-state index in [0.717, 1.165) is 36.8 Å². The van der Waals surface area contributed by atoms with E-state index in [4.69, 9.17) is 5.11 Å². The first-order valence-corrected chi connectivity index (χ1v) is 20.7. The molecule has 330 valence electrons. The van der Waals surface area contributed by atoms with Gasteiger partial charge < -0.3 is 47.2 Å². The summed E-state index contributed by atoms with van der Waals surface area (Å²) < 4.78 is 0. The molecule has 0 saturated heterocycles. The van der Waals surface area contributed by atoms with Crippen molar-refractivity contribution in [2.45, 2.75) is 134 Å².